The molecule has 2 amide bonds. The third-order valence-electron chi connectivity index (χ3n) is 3.84. The standard InChI is InChI=1S/C17H23F3N4O2/c1-16(2,3)22-14(25)11-23-6-8-24(9-7-23)15(26)12-4-5-13(21-10-12)17(18,19)20/h4-5,10H,6-9,11H2,1-3H3,(H,22,25). The monoisotopic (exact) mass is 372 g/mol. The summed E-state index contributed by atoms with van der Waals surface area (Å²) in [5.41, 5.74) is -1.20. The number of hydrogen-bond acceptors (Lipinski definition) is 4. The highest BCUT2D eigenvalue weighted by Crippen LogP contribution is 2.27. The first-order chi connectivity index (χ1) is 12.0. The number of piperazine rings is 1. The van der Waals surface area contributed by atoms with Crippen LogP contribution in [0.4, 0.5) is 13.2 Å². The van der Waals surface area contributed by atoms with E-state index in [0.29, 0.717) is 26.2 Å². The van der Waals surface area contributed by atoms with Gasteiger partial charge in [0.05, 0.1) is 12.1 Å². The van der Waals surface area contributed by atoms with Crippen LogP contribution in [0.2, 0.25) is 0 Å². The zero-order chi connectivity index (χ0) is 19.5. The van der Waals surface area contributed by atoms with Crippen molar-refractivity contribution in [3.05, 3.63) is 29.6 Å². The Hall–Kier alpha value is -2.16. The summed E-state index contributed by atoms with van der Waals surface area (Å²) in [5, 5.41) is 2.88. The minimum atomic E-state index is -4.53. The predicted molar refractivity (Wildman–Crippen MR) is 89.5 cm³/mol. The van der Waals surface area contributed by atoms with E-state index in [1.54, 1.807) is 4.90 Å². The van der Waals surface area contributed by atoms with Gasteiger partial charge < -0.3 is 10.2 Å². The van der Waals surface area contributed by atoms with Crippen LogP contribution in [0.3, 0.4) is 0 Å². The van der Waals surface area contributed by atoms with Gasteiger partial charge in [0.2, 0.25) is 5.91 Å². The molecule has 0 saturated carbocycles. The van der Waals surface area contributed by atoms with Crippen molar-refractivity contribution in [1.82, 2.24) is 20.1 Å². The van der Waals surface area contributed by atoms with Crippen LogP contribution in [0, 0.1) is 0 Å². The number of hydrogen-bond donors (Lipinski definition) is 1. The van der Waals surface area contributed by atoms with E-state index in [1.807, 2.05) is 25.7 Å². The largest absolute Gasteiger partial charge is 0.433 e. The average molecular weight is 372 g/mol. The topological polar surface area (TPSA) is 65.5 Å². The van der Waals surface area contributed by atoms with Crippen LogP contribution < -0.4 is 5.32 Å². The van der Waals surface area contributed by atoms with Crippen LogP contribution in [0.25, 0.3) is 0 Å². The Morgan fingerprint density at radius 2 is 1.73 bits per heavy atom. The molecule has 1 aliphatic rings. The summed E-state index contributed by atoms with van der Waals surface area (Å²) in [4.78, 5) is 31.1. The van der Waals surface area contributed by atoms with Gasteiger partial charge in [-0.05, 0) is 32.9 Å². The van der Waals surface area contributed by atoms with Crippen molar-refractivity contribution in [3.63, 3.8) is 0 Å². The normalized spacial score (nSPS) is 16.5. The summed E-state index contributed by atoms with van der Waals surface area (Å²) in [6, 6.07) is 1.95. The molecule has 144 valence electrons. The van der Waals surface area contributed by atoms with Crippen molar-refractivity contribution in [2.24, 2.45) is 0 Å². The van der Waals surface area contributed by atoms with Crippen molar-refractivity contribution >= 4 is 11.8 Å². The summed E-state index contributed by atoms with van der Waals surface area (Å²) >= 11 is 0. The number of rotatable bonds is 3. The number of nitrogens with one attached hydrogen (secondary N) is 1. The van der Waals surface area contributed by atoms with Gasteiger partial charge in [-0.1, -0.05) is 0 Å². The molecule has 0 unspecified atom stereocenters. The number of aromatic nitrogens is 1. The van der Waals surface area contributed by atoms with Gasteiger partial charge in [-0.15, -0.1) is 0 Å². The van der Waals surface area contributed by atoms with Crippen LogP contribution in [0.5, 0.6) is 0 Å². The molecule has 0 aliphatic carbocycles. The van der Waals surface area contributed by atoms with Crippen molar-refractivity contribution in [2.75, 3.05) is 32.7 Å². The maximum atomic E-state index is 12.5. The molecule has 2 heterocycles. The fourth-order valence-electron chi connectivity index (χ4n) is 2.64. The fraction of sp³-hybridized carbons (Fsp3) is 0.588. The average Bonchev–Trinajstić information content (AvgIpc) is 2.52. The Bertz CT molecular complexity index is 645. The summed E-state index contributed by atoms with van der Waals surface area (Å²) < 4.78 is 37.6. The molecule has 1 aromatic heterocycles. The number of carbonyl (C=O) groups is 2. The highest BCUT2D eigenvalue weighted by Gasteiger charge is 2.32. The molecule has 6 nitrogen and oxygen atoms in total. The highest BCUT2D eigenvalue weighted by atomic mass is 19.4. The van der Waals surface area contributed by atoms with Crippen LogP contribution >= 0.6 is 0 Å². The molecule has 1 aromatic rings. The first-order valence-corrected chi connectivity index (χ1v) is 8.31. The zero-order valence-corrected chi connectivity index (χ0v) is 15.1. The van der Waals surface area contributed by atoms with Gasteiger partial charge >= 0.3 is 6.18 Å². The Labute approximate surface area is 150 Å². The second kappa shape index (κ2) is 7.61. The molecule has 1 aliphatic heterocycles. The molecule has 9 heteroatoms. The molecule has 0 radical (unpaired) electrons. The Kier molecular flexibility index (Phi) is 5.90. The van der Waals surface area contributed by atoms with Gasteiger partial charge in [-0.25, -0.2) is 0 Å². The molecule has 1 saturated heterocycles. The molecule has 26 heavy (non-hydrogen) atoms. The minimum Gasteiger partial charge on any atom is -0.350 e. The number of halogens is 3. The second-order valence-corrected chi connectivity index (χ2v) is 7.30. The molecule has 1 fully saturated rings. The smallest absolute Gasteiger partial charge is 0.350 e. The van der Waals surface area contributed by atoms with Crippen molar-refractivity contribution < 1.29 is 22.8 Å². The molecular weight excluding hydrogens is 349 g/mol. The van der Waals surface area contributed by atoms with E-state index in [9.17, 15) is 22.8 Å². The SMILES string of the molecule is CC(C)(C)NC(=O)CN1CCN(C(=O)c2ccc(C(F)(F)F)nc2)CC1. The Morgan fingerprint density at radius 1 is 1.12 bits per heavy atom. The number of nitrogens with zero attached hydrogens (tertiary/aromatic N) is 3. The summed E-state index contributed by atoms with van der Waals surface area (Å²) in [6.45, 7) is 7.82. The maximum Gasteiger partial charge on any atom is 0.433 e. The molecule has 0 atom stereocenters. The van der Waals surface area contributed by atoms with Crippen molar-refractivity contribution in [1.29, 1.82) is 0 Å². The molecule has 0 aromatic carbocycles. The van der Waals surface area contributed by atoms with Gasteiger partial charge in [-0.3, -0.25) is 19.5 Å². The number of amides is 2. The van der Waals surface area contributed by atoms with Crippen LogP contribution in [0.1, 0.15) is 36.8 Å². The van der Waals surface area contributed by atoms with E-state index in [0.717, 1.165) is 18.3 Å². The lowest BCUT2D eigenvalue weighted by atomic mass is 10.1. The van der Waals surface area contributed by atoms with Crippen LogP contribution in [-0.2, 0) is 11.0 Å². The fourth-order valence-corrected chi connectivity index (χ4v) is 2.64. The zero-order valence-electron chi connectivity index (χ0n) is 15.1. The van der Waals surface area contributed by atoms with Gasteiger partial charge in [0, 0.05) is 37.9 Å². The molecule has 2 rings (SSSR count). The number of alkyl halides is 3. The second-order valence-electron chi connectivity index (χ2n) is 7.30. The third kappa shape index (κ3) is 5.69. The lowest BCUT2D eigenvalue weighted by molar-refractivity contribution is -0.141. The van der Waals surface area contributed by atoms with Gasteiger partial charge in [0.1, 0.15) is 5.69 Å². The minimum absolute atomic E-state index is 0.0794. The van der Waals surface area contributed by atoms with Gasteiger partial charge in [0.15, 0.2) is 0 Å². The van der Waals surface area contributed by atoms with Crippen molar-refractivity contribution in [2.45, 2.75) is 32.5 Å². The van der Waals surface area contributed by atoms with Gasteiger partial charge in [-0.2, -0.15) is 13.2 Å². The number of carbonyl (C=O) groups excluding carboxylic acids is 2. The summed E-state index contributed by atoms with van der Waals surface area (Å²) in [6.07, 6.45) is -3.57. The van der Waals surface area contributed by atoms with Gasteiger partial charge in [0.25, 0.3) is 5.91 Å². The first kappa shape index (κ1) is 20.2. The van der Waals surface area contributed by atoms with E-state index in [2.05, 4.69) is 10.3 Å². The van der Waals surface area contributed by atoms with Crippen LogP contribution in [0.15, 0.2) is 18.3 Å². The Morgan fingerprint density at radius 3 is 2.19 bits per heavy atom. The maximum absolute atomic E-state index is 12.5. The molecule has 0 spiro atoms. The van der Waals surface area contributed by atoms with E-state index in [-0.39, 0.29) is 29.5 Å². The quantitative estimate of drug-likeness (QED) is 0.878. The van der Waals surface area contributed by atoms with Crippen molar-refractivity contribution in [3.8, 4) is 0 Å². The van der Waals surface area contributed by atoms with E-state index >= 15 is 0 Å². The molecule has 1 N–H and O–H groups in total. The van der Waals surface area contributed by atoms with E-state index < -0.39 is 11.9 Å². The lowest BCUT2D eigenvalue weighted by Gasteiger charge is -2.35. The Balaban J connectivity index is 1.87. The molecule has 0 bridgehead atoms. The van der Waals surface area contributed by atoms with Crippen LogP contribution in [-0.4, -0.2) is 64.9 Å². The lowest BCUT2D eigenvalue weighted by Crippen LogP contribution is -2.52. The third-order valence-corrected chi connectivity index (χ3v) is 3.84. The van der Waals surface area contributed by atoms with E-state index in [4.69, 9.17) is 0 Å². The first-order valence-electron chi connectivity index (χ1n) is 8.31. The van der Waals surface area contributed by atoms with E-state index in [1.165, 1.54) is 0 Å². The summed E-state index contributed by atoms with van der Waals surface area (Å²) in [5.74, 6) is -0.436. The number of pyridine rings is 1. The molecular formula is C17H23F3N4O2. The predicted octanol–water partition coefficient (Wildman–Crippen LogP) is 1.77. The summed E-state index contributed by atoms with van der Waals surface area (Å²) in [7, 11) is 0. The highest BCUT2D eigenvalue weighted by molar-refractivity contribution is 5.94.